The Bertz CT molecular complexity index is 924. The van der Waals surface area contributed by atoms with Crippen LogP contribution in [0.2, 0.25) is 0 Å². The Hall–Kier alpha value is -3.42. The molecule has 4 heterocycles. The van der Waals surface area contributed by atoms with Crippen molar-refractivity contribution < 1.29 is 8.83 Å². The van der Waals surface area contributed by atoms with Crippen molar-refractivity contribution in [3.05, 3.63) is 61.0 Å². The van der Waals surface area contributed by atoms with Crippen LogP contribution in [-0.4, -0.2) is 25.7 Å². The zero-order valence-corrected chi connectivity index (χ0v) is 12.0. The molecule has 23 heavy (non-hydrogen) atoms. The Morgan fingerprint density at radius 1 is 1.13 bits per heavy atom. The van der Waals surface area contributed by atoms with Crippen LogP contribution in [0.25, 0.3) is 11.2 Å². The van der Waals surface area contributed by atoms with Crippen LogP contribution in [0.1, 0.15) is 11.5 Å². The van der Waals surface area contributed by atoms with Crippen molar-refractivity contribution in [1.29, 1.82) is 0 Å². The highest BCUT2D eigenvalue weighted by atomic mass is 16.3. The number of hydrogen-bond acceptors (Lipinski definition) is 7. The molecule has 0 saturated heterocycles. The number of aromatic nitrogens is 4. The molecule has 0 bridgehead atoms. The van der Waals surface area contributed by atoms with Gasteiger partial charge in [-0.25, -0.2) is 15.0 Å². The van der Waals surface area contributed by atoms with Crippen LogP contribution >= 0.6 is 0 Å². The number of nitrogens with zero attached hydrogens (tertiary/aromatic N) is 5. The predicted molar refractivity (Wildman–Crippen MR) is 83.1 cm³/mol. The van der Waals surface area contributed by atoms with Gasteiger partial charge in [-0.05, 0) is 24.3 Å². The molecule has 0 fully saturated rings. The maximum absolute atomic E-state index is 5.35. The number of hydrogen-bond donors (Lipinski definition) is 1. The Kier molecular flexibility index (Phi) is 3.32. The van der Waals surface area contributed by atoms with E-state index in [1.807, 2.05) is 16.7 Å². The summed E-state index contributed by atoms with van der Waals surface area (Å²) in [6.07, 6.45) is 7.95. The SMILES string of the molecule is C(=NNc1ncnc2c1ncn2Cc1ccco1)c1ccco1. The Morgan fingerprint density at radius 2 is 2.04 bits per heavy atom. The summed E-state index contributed by atoms with van der Waals surface area (Å²) < 4.78 is 12.4. The second-order valence-electron chi connectivity index (χ2n) is 4.73. The molecule has 0 amide bonds. The van der Waals surface area contributed by atoms with Gasteiger partial charge in [0, 0.05) is 0 Å². The summed E-state index contributed by atoms with van der Waals surface area (Å²) in [5.41, 5.74) is 4.19. The summed E-state index contributed by atoms with van der Waals surface area (Å²) in [7, 11) is 0. The first-order valence-corrected chi connectivity index (χ1v) is 6.91. The summed E-state index contributed by atoms with van der Waals surface area (Å²) in [5.74, 6) is 2.00. The maximum Gasteiger partial charge on any atom is 0.177 e. The number of imidazole rings is 1. The van der Waals surface area contributed by atoms with Gasteiger partial charge in [-0.15, -0.1) is 0 Å². The smallest absolute Gasteiger partial charge is 0.177 e. The van der Waals surface area contributed by atoms with Gasteiger partial charge in [-0.2, -0.15) is 5.10 Å². The molecule has 114 valence electrons. The van der Waals surface area contributed by atoms with Crippen molar-refractivity contribution in [3.8, 4) is 0 Å². The Labute approximate surface area is 130 Å². The molecule has 0 spiro atoms. The quantitative estimate of drug-likeness (QED) is 0.449. The summed E-state index contributed by atoms with van der Waals surface area (Å²) >= 11 is 0. The Balaban J connectivity index is 1.59. The van der Waals surface area contributed by atoms with Gasteiger partial charge in [-0.1, -0.05) is 0 Å². The normalized spacial score (nSPS) is 11.5. The number of nitrogens with one attached hydrogen (secondary N) is 1. The van der Waals surface area contributed by atoms with Crippen molar-refractivity contribution in [3.63, 3.8) is 0 Å². The average molecular weight is 308 g/mol. The standard InChI is InChI=1S/C15H12N6O2/c1-3-11(22-5-1)7-19-20-14-13-15(17-9-16-14)21(10-18-13)8-12-4-2-6-23-12/h1-7,9-10H,8H2,(H,16,17,20). The molecular formula is C15H12N6O2. The molecule has 4 aromatic rings. The molecule has 1 N–H and O–H groups in total. The molecule has 4 rings (SSSR count). The minimum Gasteiger partial charge on any atom is -0.467 e. The first kappa shape index (κ1) is 13.3. The minimum absolute atomic E-state index is 0.524. The molecule has 4 aromatic heterocycles. The fourth-order valence-electron chi connectivity index (χ4n) is 2.17. The van der Waals surface area contributed by atoms with E-state index in [9.17, 15) is 0 Å². The molecule has 0 radical (unpaired) electrons. The van der Waals surface area contributed by atoms with Crippen molar-refractivity contribution in [2.75, 3.05) is 5.43 Å². The third-order valence-corrected chi connectivity index (χ3v) is 3.21. The van der Waals surface area contributed by atoms with Gasteiger partial charge in [0.25, 0.3) is 0 Å². The third-order valence-electron chi connectivity index (χ3n) is 3.21. The van der Waals surface area contributed by atoms with Crippen LogP contribution in [0.15, 0.2) is 63.4 Å². The van der Waals surface area contributed by atoms with Gasteiger partial charge in [-0.3, -0.25) is 5.43 Å². The van der Waals surface area contributed by atoms with Gasteiger partial charge >= 0.3 is 0 Å². The van der Waals surface area contributed by atoms with Crippen molar-refractivity contribution in [2.24, 2.45) is 5.10 Å². The number of rotatable bonds is 5. The lowest BCUT2D eigenvalue weighted by molar-refractivity contribution is 0.495. The number of anilines is 1. The van der Waals surface area contributed by atoms with Gasteiger partial charge < -0.3 is 13.4 Å². The van der Waals surface area contributed by atoms with Crippen molar-refractivity contribution >= 4 is 23.2 Å². The van der Waals surface area contributed by atoms with Gasteiger partial charge in [0.05, 0.1) is 31.6 Å². The first-order chi connectivity index (χ1) is 11.4. The summed E-state index contributed by atoms with van der Waals surface area (Å²) in [6.45, 7) is 0.551. The van der Waals surface area contributed by atoms with Crippen molar-refractivity contribution in [1.82, 2.24) is 19.5 Å². The zero-order chi connectivity index (χ0) is 15.5. The molecule has 0 saturated carbocycles. The fraction of sp³-hybridized carbons (Fsp3) is 0.0667. The van der Waals surface area contributed by atoms with Gasteiger partial charge in [0.15, 0.2) is 17.0 Å². The number of furan rings is 2. The van der Waals surface area contributed by atoms with E-state index in [-0.39, 0.29) is 0 Å². The predicted octanol–water partition coefficient (Wildman–Crippen LogP) is 2.51. The molecule has 8 nitrogen and oxygen atoms in total. The molecule has 0 aliphatic carbocycles. The molecule has 8 heteroatoms. The van der Waals surface area contributed by atoms with Crippen molar-refractivity contribution in [2.45, 2.75) is 6.54 Å². The number of fused-ring (bicyclic) bond motifs is 1. The highest BCUT2D eigenvalue weighted by Gasteiger charge is 2.10. The average Bonchev–Trinajstić information content (AvgIpc) is 3.30. The van der Waals surface area contributed by atoms with Gasteiger partial charge in [0.1, 0.15) is 17.8 Å². The summed E-state index contributed by atoms with van der Waals surface area (Å²) in [5, 5.41) is 4.09. The van der Waals surface area contributed by atoms with E-state index in [1.54, 1.807) is 37.2 Å². The van der Waals surface area contributed by atoms with Crippen LogP contribution in [-0.2, 0) is 6.54 Å². The van der Waals surface area contributed by atoms with E-state index in [0.717, 1.165) is 5.76 Å². The highest BCUT2D eigenvalue weighted by Crippen LogP contribution is 2.18. The van der Waals surface area contributed by atoms with Crippen LogP contribution in [0.4, 0.5) is 5.82 Å². The molecule has 0 unspecified atom stereocenters. The lowest BCUT2D eigenvalue weighted by Crippen LogP contribution is -2.00. The minimum atomic E-state index is 0.524. The Morgan fingerprint density at radius 3 is 2.87 bits per heavy atom. The summed E-state index contributed by atoms with van der Waals surface area (Å²) in [6, 6.07) is 7.35. The molecule has 0 atom stereocenters. The zero-order valence-electron chi connectivity index (χ0n) is 12.0. The lowest BCUT2D eigenvalue weighted by atomic mass is 10.4. The molecule has 0 aliphatic heterocycles. The van der Waals surface area contributed by atoms with Crippen LogP contribution in [0.5, 0.6) is 0 Å². The monoisotopic (exact) mass is 308 g/mol. The topological polar surface area (TPSA) is 94.3 Å². The second-order valence-corrected chi connectivity index (χ2v) is 4.73. The fourth-order valence-corrected chi connectivity index (χ4v) is 2.17. The summed E-state index contributed by atoms with van der Waals surface area (Å²) in [4.78, 5) is 12.8. The van der Waals surface area contributed by atoms with E-state index in [4.69, 9.17) is 8.83 Å². The van der Waals surface area contributed by atoms with Crippen LogP contribution in [0, 0.1) is 0 Å². The third kappa shape index (κ3) is 2.69. The molecular weight excluding hydrogens is 296 g/mol. The van der Waals surface area contributed by atoms with Gasteiger partial charge in [0.2, 0.25) is 0 Å². The number of hydrazone groups is 1. The van der Waals surface area contributed by atoms with E-state index in [0.29, 0.717) is 29.3 Å². The molecule has 0 aromatic carbocycles. The van der Waals surface area contributed by atoms with Crippen LogP contribution < -0.4 is 5.43 Å². The second kappa shape index (κ2) is 5.76. The lowest BCUT2D eigenvalue weighted by Gasteiger charge is -2.02. The first-order valence-electron chi connectivity index (χ1n) is 6.91. The van der Waals surface area contributed by atoms with E-state index < -0.39 is 0 Å². The van der Waals surface area contributed by atoms with E-state index in [1.165, 1.54) is 6.33 Å². The molecule has 0 aliphatic rings. The maximum atomic E-state index is 5.35. The van der Waals surface area contributed by atoms with Crippen LogP contribution in [0.3, 0.4) is 0 Å². The largest absolute Gasteiger partial charge is 0.467 e. The highest BCUT2D eigenvalue weighted by molar-refractivity contribution is 5.83. The van der Waals surface area contributed by atoms with E-state index in [2.05, 4.69) is 25.5 Å². The van der Waals surface area contributed by atoms with E-state index >= 15 is 0 Å².